The van der Waals surface area contributed by atoms with Crippen molar-refractivity contribution in [3.63, 3.8) is 0 Å². The van der Waals surface area contributed by atoms with E-state index in [4.69, 9.17) is 0 Å². The molecule has 12 heavy (non-hydrogen) atoms. The van der Waals surface area contributed by atoms with E-state index in [1.807, 2.05) is 0 Å². The molecule has 2 rings (SSSR count). The van der Waals surface area contributed by atoms with Crippen molar-refractivity contribution in [2.24, 2.45) is 0 Å². The molecule has 0 aliphatic heterocycles. The zero-order valence-electron chi connectivity index (χ0n) is 6.45. The summed E-state index contributed by atoms with van der Waals surface area (Å²) in [6.45, 7) is 1.77. The summed E-state index contributed by atoms with van der Waals surface area (Å²) in [6.07, 6.45) is 2.71. The number of nitrogens with zero attached hydrogens (tertiary/aromatic N) is 3. The van der Waals surface area contributed by atoms with Crippen LogP contribution in [0.25, 0.3) is 11.0 Å². The Morgan fingerprint density at radius 2 is 2.08 bits per heavy atom. The standard InChI is InChI=1S/C8H6FN3/c1-5-10-3-6-2-7(9)4-11-8(6)12-5/h2-4H,1H3. The Hall–Kier alpha value is -1.58. The molecule has 2 aromatic heterocycles. The van der Waals surface area contributed by atoms with Crippen LogP contribution in [0, 0.1) is 12.7 Å². The molecular weight excluding hydrogens is 157 g/mol. The largest absolute Gasteiger partial charge is 0.241 e. The molecule has 0 aromatic carbocycles. The van der Waals surface area contributed by atoms with Crippen LogP contribution >= 0.6 is 0 Å². The number of pyridine rings is 1. The van der Waals surface area contributed by atoms with E-state index in [1.165, 1.54) is 6.07 Å². The molecule has 0 atom stereocenters. The number of rotatable bonds is 0. The van der Waals surface area contributed by atoms with Crippen LogP contribution in [-0.2, 0) is 0 Å². The highest BCUT2D eigenvalue weighted by Gasteiger charge is 1.98. The maximum absolute atomic E-state index is 12.6. The van der Waals surface area contributed by atoms with Crippen LogP contribution in [0.4, 0.5) is 4.39 Å². The molecule has 0 spiro atoms. The molecule has 4 heteroatoms. The summed E-state index contributed by atoms with van der Waals surface area (Å²) in [5.41, 5.74) is 0.531. The Bertz CT molecular complexity index is 386. The third-order valence-corrected chi connectivity index (χ3v) is 1.52. The molecule has 2 heterocycles. The van der Waals surface area contributed by atoms with Gasteiger partial charge < -0.3 is 0 Å². The number of halogens is 1. The van der Waals surface area contributed by atoms with E-state index in [-0.39, 0.29) is 5.82 Å². The first-order valence-corrected chi connectivity index (χ1v) is 3.50. The molecular formula is C8H6FN3. The van der Waals surface area contributed by atoms with Crippen molar-refractivity contribution < 1.29 is 4.39 Å². The molecule has 0 saturated carbocycles. The maximum Gasteiger partial charge on any atom is 0.162 e. The van der Waals surface area contributed by atoms with E-state index >= 15 is 0 Å². The van der Waals surface area contributed by atoms with Gasteiger partial charge in [0.25, 0.3) is 0 Å². The summed E-state index contributed by atoms with van der Waals surface area (Å²) in [7, 11) is 0. The summed E-state index contributed by atoms with van der Waals surface area (Å²) in [4.78, 5) is 11.8. The first-order valence-electron chi connectivity index (χ1n) is 3.50. The highest BCUT2D eigenvalue weighted by molar-refractivity contribution is 5.72. The van der Waals surface area contributed by atoms with E-state index in [1.54, 1.807) is 13.1 Å². The minimum absolute atomic E-state index is 0.366. The van der Waals surface area contributed by atoms with Crippen molar-refractivity contribution in [2.75, 3.05) is 0 Å². The van der Waals surface area contributed by atoms with Crippen molar-refractivity contribution in [3.8, 4) is 0 Å². The molecule has 2 aromatic rings. The number of hydrogen-bond donors (Lipinski definition) is 0. The van der Waals surface area contributed by atoms with Crippen molar-refractivity contribution >= 4 is 11.0 Å². The fourth-order valence-corrected chi connectivity index (χ4v) is 0.981. The molecule has 0 aliphatic rings. The third kappa shape index (κ3) is 1.11. The Morgan fingerprint density at radius 1 is 1.25 bits per heavy atom. The van der Waals surface area contributed by atoms with E-state index < -0.39 is 0 Å². The predicted octanol–water partition coefficient (Wildman–Crippen LogP) is 1.47. The monoisotopic (exact) mass is 163 g/mol. The third-order valence-electron chi connectivity index (χ3n) is 1.52. The summed E-state index contributed by atoms with van der Waals surface area (Å²) < 4.78 is 12.6. The number of fused-ring (bicyclic) bond motifs is 1. The van der Waals surface area contributed by atoms with Crippen molar-refractivity contribution in [2.45, 2.75) is 6.92 Å². The zero-order valence-corrected chi connectivity index (χ0v) is 6.45. The molecule has 0 fully saturated rings. The van der Waals surface area contributed by atoms with Gasteiger partial charge in [0.15, 0.2) is 5.65 Å². The number of aromatic nitrogens is 3. The SMILES string of the molecule is Cc1ncc2cc(F)cnc2n1. The van der Waals surface area contributed by atoms with Crippen LogP contribution in [0.2, 0.25) is 0 Å². The van der Waals surface area contributed by atoms with Crippen molar-refractivity contribution in [3.05, 3.63) is 30.1 Å². The second-order valence-corrected chi connectivity index (χ2v) is 2.48. The summed E-state index contributed by atoms with van der Waals surface area (Å²) in [6, 6.07) is 1.36. The Morgan fingerprint density at radius 3 is 2.92 bits per heavy atom. The maximum atomic E-state index is 12.6. The van der Waals surface area contributed by atoms with Crippen LogP contribution < -0.4 is 0 Å². The summed E-state index contributed by atoms with van der Waals surface area (Å²) in [5, 5.41) is 0.626. The van der Waals surface area contributed by atoms with Crippen LogP contribution in [0.5, 0.6) is 0 Å². The van der Waals surface area contributed by atoms with Gasteiger partial charge in [0, 0.05) is 11.6 Å². The second-order valence-electron chi connectivity index (χ2n) is 2.48. The van der Waals surface area contributed by atoms with Crippen LogP contribution in [0.15, 0.2) is 18.5 Å². The van der Waals surface area contributed by atoms with E-state index in [2.05, 4.69) is 15.0 Å². The molecule has 0 amide bonds. The minimum Gasteiger partial charge on any atom is -0.241 e. The first-order chi connectivity index (χ1) is 5.75. The van der Waals surface area contributed by atoms with Gasteiger partial charge in [-0.15, -0.1) is 0 Å². The van der Waals surface area contributed by atoms with Crippen LogP contribution in [0.3, 0.4) is 0 Å². The van der Waals surface area contributed by atoms with Gasteiger partial charge in [0.2, 0.25) is 0 Å². The number of aryl methyl sites for hydroxylation is 1. The molecule has 0 bridgehead atoms. The normalized spacial score (nSPS) is 10.5. The van der Waals surface area contributed by atoms with Crippen LogP contribution in [-0.4, -0.2) is 15.0 Å². The lowest BCUT2D eigenvalue weighted by Crippen LogP contribution is -1.90. The smallest absolute Gasteiger partial charge is 0.162 e. The fourth-order valence-electron chi connectivity index (χ4n) is 0.981. The van der Waals surface area contributed by atoms with Gasteiger partial charge >= 0.3 is 0 Å². The molecule has 0 aliphatic carbocycles. The van der Waals surface area contributed by atoms with Crippen LogP contribution in [0.1, 0.15) is 5.82 Å². The number of hydrogen-bond acceptors (Lipinski definition) is 3. The molecule has 3 nitrogen and oxygen atoms in total. The first kappa shape index (κ1) is 7.09. The minimum atomic E-state index is -0.366. The quantitative estimate of drug-likeness (QED) is 0.590. The molecule has 0 saturated heterocycles. The van der Waals surface area contributed by atoms with Gasteiger partial charge in [-0.25, -0.2) is 19.3 Å². The molecule has 0 radical (unpaired) electrons. The average molecular weight is 163 g/mol. The van der Waals surface area contributed by atoms with Gasteiger partial charge in [-0.3, -0.25) is 0 Å². The zero-order chi connectivity index (χ0) is 8.55. The Kier molecular flexibility index (Phi) is 1.46. The lowest BCUT2D eigenvalue weighted by atomic mass is 10.3. The van der Waals surface area contributed by atoms with Gasteiger partial charge in [0.1, 0.15) is 11.6 Å². The average Bonchev–Trinajstić information content (AvgIpc) is 2.05. The Balaban J connectivity index is 2.79. The van der Waals surface area contributed by atoms with Crippen molar-refractivity contribution in [1.29, 1.82) is 0 Å². The molecule has 0 unspecified atom stereocenters. The summed E-state index contributed by atoms with van der Waals surface area (Å²) in [5.74, 6) is 0.275. The van der Waals surface area contributed by atoms with Gasteiger partial charge in [-0.1, -0.05) is 0 Å². The molecule has 60 valence electrons. The van der Waals surface area contributed by atoms with Crippen molar-refractivity contribution in [1.82, 2.24) is 15.0 Å². The van der Waals surface area contributed by atoms with E-state index in [0.29, 0.717) is 16.9 Å². The predicted molar refractivity (Wildman–Crippen MR) is 42.0 cm³/mol. The van der Waals surface area contributed by atoms with E-state index in [9.17, 15) is 4.39 Å². The van der Waals surface area contributed by atoms with Gasteiger partial charge in [-0.2, -0.15) is 0 Å². The highest BCUT2D eigenvalue weighted by atomic mass is 19.1. The highest BCUT2D eigenvalue weighted by Crippen LogP contribution is 2.08. The fraction of sp³-hybridized carbons (Fsp3) is 0.125. The molecule has 0 N–H and O–H groups in total. The van der Waals surface area contributed by atoms with Gasteiger partial charge in [-0.05, 0) is 13.0 Å². The Labute approximate surface area is 68.3 Å². The van der Waals surface area contributed by atoms with Gasteiger partial charge in [0.05, 0.1) is 6.20 Å². The lowest BCUT2D eigenvalue weighted by molar-refractivity contribution is 0.624. The lowest BCUT2D eigenvalue weighted by Gasteiger charge is -1.95. The summed E-state index contributed by atoms with van der Waals surface area (Å²) >= 11 is 0. The second kappa shape index (κ2) is 2.48. The van der Waals surface area contributed by atoms with E-state index in [0.717, 1.165) is 6.20 Å². The topological polar surface area (TPSA) is 38.7 Å².